The molecular formula is C12H12N2. The molecule has 0 fully saturated rings. The van der Waals surface area contributed by atoms with Crippen molar-refractivity contribution in [3.63, 3.8) is 0 Å². The zero-order chi connectivity index (χ0) is 9.64. The molecule has 0 aliphatic heterocycles. The average Bonchev–Trinajstić information content (AvgIpc) is 2.29. The molecule has 2 nitrogen and oxygen atoms in total. The van der Waals surface area contributed by atoms with Crippen molar-refractivity contribution in [2.45, 2.75) is 12.5 Å². The van der Waals surface area contributed by atoms with Gasteiger partial charge in [0.2, 0.25) is 0 Å². The van der Waals surface area contributed by atoms with Crippen LogP contribution in [-0.2, 0) is 0 Å². The van der Waals surface area contributed by atoms with Crippen molar-refractivity contribution in [1.82, 2.24) is 0 Å². The minimum Gasteiger partial charge on any atom is -0.177 e. The molecule has 0 bridgehead atoms. The van der Waals surface area contributed by atoms with Crippen LogP contribution in [0.15, 0.2) is 64.9 Å². The van der Waals surface area contributed by atoms with Crippen LogP contribution >= 0.6 is 0 Å². The lowest BCUT2D eigenvalue weighted by Crippen LogP contribution is -1.95. The van der Waals surface area contributed by atoms with Crippen molar-refractivity contribution in [3.05, 3.63) is 54.6 Å². The topological polar surface area (TPSA) is 24.7 Å². The molecule has 2 heteroatoms. The standard InChI is InChI=1S/C12H12N2/c1-3-7-11(8-4-1)13-14-12-9-5-2-6-10-12/h1,3-10,12H,2H2. The van der Waals surface area contributed by atoms with E-state index in [-0.39, 0.29) is 6.04 Å². The number of benzene rings is 1. The summed E-state index contributed by atoms with van der Waals surface area (Å²) in [6, 6.07) is 9.89. The molecule has 0 N–H and O–H groups in total. The lowest BCUT2D eigenvalue weighted by atomic mass is 10.1. The molecular weight excluding hydrogens is 172 g/mol. The molecule has 0 spiro atoms. The van der Waals surface area contributed by atoms with Gasteiger partial charge in [0.1, 0.15) is 6.04 Å². The van der Waals surface area contributed by atoms with E-state index in [1.54, 1.807) is 0 Å². The fourth-order valence-electron chi connectivity index (χ4n) is 1.28. The largest absolute Gasteiger partial charge is 0.177 e. The van der Waals surface area contributed by atoms with Crippen LogP contribution in [0.4, 0.5) is 5.69 Å². The van der Waals surface area contributed by atoms with Gasteiger partial charge in [0.05, 0.1) is 5.69 Å². The fourth-order valence-corrected chi connectivity index (χ4v) is 1.28. The molecule has 0 saturated carbocycles. The Bertz CT molecular complexity index is 351. The Morgan fingerprint density at radius 1 is 1.00 bits per heavy atom. The van der Waals surface area contributed by atoms with Crippen LogP contribution in [0.3, 0.4) is 0 Å². The van der Waals surface area contributed by atoms with Gasteiger partial charge in [0, 0.05) is 0 Å². The van der Waals surface area contributed by atoms with Gasteiger partial charge in [-0.1, -0.05) is 42.5 Å². The number of azo groups is 1. The van der Waals surface area contributed by atoms with E-state index in [4.69, 9.17) is 0 Å². The maximum Gasteiger partial charge on any atom is 0.107 e. The van der Waals surface area contributed by atoms with Gasteiger partial charge in [-0.3, -0.25) is 0 Å². The van der Waals surface area contributed by atoms with E-state index in [9.17, 15) is 0 Å². The molecule has 0 aromatic heterocycles. The molecule has 0 amide bonds. The van der Waals surface area contributed by atoms with Gasteiger partial charge >= 0.3 is 0 Å². The van der Waals surface area contributed by atoms with Gasteiger partial charge < -0.3 is 0 Å². The molecule has 0 atom stereocenters. The second kappa shape index (κ2) is 4.51. The third-order valence-electron chi connectivity index (χ3n) is 2.00. The summed E-state index contributed by atoms with van der Waals surface area (Å²) in [4.78, 5) is 0. The molecule has 0 unspecified atom stereocenters. The summed E-state index contributed by atoms with van der Waals surface area (Å²) in [5.41, 5.74) is 0.903. The number of nitrogens with zero attached hydrogens (tertiary/aromatic N) is 2. The van der Waals surface area contributed by atoms with E-state index in [0.29, 0.717) is 0 Å². The van der Waals surface area contributed by atoms with Crippen LogP contribution in [-0.4, -0.2) is 6.04 Å². The fraction of sp³-hybridized carbons (Fsp3) is 0.167. The van der Waals surface area contributed by atoms with Crippen molar-refractivity contribution < 1.29 is 0 Å². The molecule has 70 valence electrons. The Labute approximate surface area is 83.7 Å². The normalized spacial score (nSPS) is 16.6. The number of allylic oxidation sites excluding steroid dienone is 2. The molecule has 1 aromatic carbocycles. The van der Waals surface area contributed by atoms with Gasteiger partial charge in [-0.15, -0.1) is 0 Å². The summed E-state index contributed by atoms with van der Waals surface area (Å²) >= 11 is 0. The third kappa shape index (κ3) is 2.39. The van der Waals surface area contributed by atoms with Crippen LogP contribution in [0.2, 0.25) is 0 Å². The van der Waals surface area contributed by atoms with Crippen LogP contribution in [0.5, 0.6) is 0 Å². The molecule has 1 aromatic rings. The van der Waals surface area contributed by atoms with E-state index in [1.165, 1.54) is 0 Å². The first-order chi connectivity index (χ1) is 6.95. The second-order valence-electron chi connectivity index (χ2n) is 3.13. The summed E-state index contributed by atoms with van der Waals surface area (Å²) in [5.74, 6) is 0. The van der Waals surface area contributed by atoms with Gasteiger partial charge in [-0.25, -0.2) is 0 Å². The zero-order valence-electron chi connectivity index (χ0n) is 7.88. The number of hydrogen-bond donors (Lipinski definition) is 0. The first kappa shape index (κ1) is 8.88. The van der Waals surface area contributed by atoms with Crippen molar-refractivity contribution in [2.75, 3.05) is 0 Å². The highest BCUT2D eigenvalue weighted by atomic mass is 15.1. The highest BCUT2D eigenvalue weighted by molar-refractivity contribution is 5.34. The predicted octanol–water partition coefficient (Wildman–Crippen LogP) is 3.66. The summed E-state index contributed by atoms with van der Waals surface area (Å²) in [6.07, 6.45) is 9.35. The predicted molar refractivity (Wildman–Crippen MR) is 57.6 cm³/mol. The lowest BCUT2D eigenvalue weighted by Gasteiger charge is -2.02. The summed E-state index contributed by atoms with van der Waals surface area (Å²) in [6.45, 7) is 0. The Morgan fingerprint density at radius 3 is 2.43 bits per heavy atom. The molecule has 1 aliphatic carbocycles. The van der Waals surface area contributed by atoms with Crippen LogP contribution < -0.4 is 0 Å². The van der Waals surface area contributed by atoms with Crippen molar-refractivity contribution >= 4 is 5.69 Å². The molecule has 0 heterocycles. The van der Waals surface area contributed by atoms with Crippen molar-refractivity contribution in [3.8, 4) is 0 Å². The van der Waals surface area contributed by atoms with E-state index < -0.39 is 0 Å². The maximum absolute atomic E-state index is 4.20. The Balaban J connectivity index is 2.03. The first-order valence-electron chi connectivity index (χ1n) is 4.74. The van der Waals surface area contributed by atoms with Crippen molar-refractivity contribution in [2.24, 2.45) is 10.2 Å². The van der Waals surface area contributed by atoms with E-state index in [1.807, 2.05) is 30.3 Å². The maximum atomic E-state index is 4.20. The minimum atomic E-state index is 0.115. The number of hydrogen-bond acceptors (Lipinski definition) is 2. The number of rotatable bonds is 2. The Hall–Kier alpha value is -1.70. The van der Waals surface area contributed by atoms with Crippen molar-refractivity contribution in [1.29, 1.82) is 0 Å². The van der Waals surface area contributed by atoms with Crippen LogP contribution in [0.1, 0.15) is 6.42 Å². The second-order valence-corrected chi connectivity index (χ2v) is 3.13. The molecule has 2 rings (SSSR count). The Kier molecular flexibility index (Phi) is 2.86. The Morgan fingerprint density at radius 2 is 1.71 bits per heavy atom. The highest BCUT2D eigenvalue weighted by Crippen LogP contribution is 2.13. The van der Waals surface area contributed by atoms with Crippen LogP contribution in [0, 0.1) is 0 Å². The van der Waals surface area contributed by atoms with Gasteiger partial charge in [0.15, 0.2) is 0 Å². The zero-order valence-corrected chi connectivity index (χ0v) is 7.88. The van der Waals surface area contributed by atoms with Gasteiger partial charge in [-0.05, 0) is 18.6 Å². The molecule has 0 radical (unpaired) electrons. The van der Waals surface area contributed by atoms with E-state index in [2.05, 4.69) is 34.5 Å². The third-order valence-corrected chi connectivity index (χ3v) is 2.00. The molecule has 0 saturated heterocycles. The minimum absolute atomic E-state index is 0.115. The smallest absolute Gasteiger partial charge is 0.107 e. The monoisotopic (exact) mass is 184 g/mol. The SMILES string of the molecule is C1=CC(N=Nc2ccccc2)C=CC1. The molecule has 1 aliphatic rings. The summed E-state index contributed by atoms with van der Waals surface area (Å²) < 4.78 is 0. The van der Waals surface area contributed by atoms with E-state index >= 15 is 0 Å². The average molecular weight is 184 g/mol. The highest BCUT2D eigenvalue weighted by Gasteiger charge is 1.98. The van der Waals surface area contributed by atoms with Crippen LogP contribution in [0.25, 0.3) is 0 Å². The first-order valence-corrected chi connectivity index (χ1v) is 4.74. The summed E-state index contributed by atoms with van der Waals surface area (Å²) in [7, 11) is 0. The quantitative estimate of drug-likeness (QED) is 0.495. The van der Waals surface area contributed by atoms with Gasteiger partial charge in [-0.2, -0.15) is 10.2 Å². The summed E-state index contributed by atoms with van der Waals surface area (Å²) in [5, 5.41) is 8.36. The van der Waals surface area contributed by atoms with E-state index in [0.717, 1.165) is 12.1 Å². The van der Waals surface area contributed by atoms with Gasteiger partial charge in [0.25, 0.3) is 0 Å². The lowest BCUT2D eigenvalue weighted by molar-refractivity contribution is 0.908. The molecule has 14 heavy (non-hydrogen) atoms.